The van der Waals surface area contributed by atoms with E-state index in [9.17, 15) is 0 Å². The second-order valence-electron chi connectivity index (χ2n) is 5.06. The third-order valence-corrected chi connectivity index (χ3v) is 4.47. The van der Waals surface area contributed by atoms with Gasteiger partial charge in [0.15, 0.2) is 0 Å². The lowest BCUT2D eigenvalue weighted by molar-refractivity contribution is 0.570. The molecule has 1 N–H and O–H groups in total. The lowest BCUT2D eigenvalue weighted by Crippen LogP contribution is -2.19. The van der Waals surface area contributed by atoms with Gasteiger partial charge < -0.3 is 5.32 Å². The van der Waals surface area contributed by atoms with Gasteiger partial charge in [0.25, 0.3) is 0 Å². The average molecular weight is 286 g/mol. The van der Waals surface area contributed by atoms with Gasteiger partial charge >= 0.3 is 0 Å². The van der Waals surface area contributed by atoms with Crippen molar-refractivity contribution in [2.45, 2.75) is 45.1 Å². The van der Waals surface area contributed by atoms with Crippen LogP contribution in [-0.4, -0.2) is 12.3 Å². The third kappa shape index (κ3) is 5.21. The fourth-order valence-electron chi connectivity index (χ4n) is 1.68. The summed E-state index contributed by atoms with van der Waals surface area (Å²) in [6, 6.07) is 6.74. The quantitative estimate of drug-likeness (QED) is 0.696. The number of hydrogen-bond donors (Lipinski definition) is 1. The molecule has 1 nitrogen and oxygen atoms in total. The Morgan fingerprint density at radius 3 is 2.56 bits per heavy atom. The van der Waals surface area contributed by atoms with E-state index in [2.05, 4.69) is 51.2 Å². The van der Waals surface area contributed by atoms with E-state index in [0.717, 1.165) is 23.7 Å². The Labute approximate surface area is 121 Å². The highest BCUT2D eigenvalue weighted by Gasteiger charge is 2.09. The average Bonchev–Trinajstić information content (AvgIpc) is 2.33. The molecule has 0 aliphatic carbocycles. The molecule has 0 saturated carbocycles. The zero-order chi connectivity index (χ0) is 13.5. The van der Waals surface area contributed by atoms with Gasteiger partial charge in [0.1, 0.15) is 0 Å². The first-order chi connectivity index (χ1) is 8.54. The molecule has 0 saturated heterocycles. The van der Waals surface area contributed by atoms with Gasteiger partial charge in [-0.15, -0.1) is 11.8 Å². The van der Waals surface area contributed by atoms with Crippen LogP contribution in [0.4, 0.5) is 0 Å². The van der Waals surface area contributed by atoms with Crippen LogP contribution in [0.2, 0.25) is 5.02 Å². The molecule has 0 fully saturated rings. The van der Waals surface area contributed by atoms with Gasteiger partial charge in [0.2, 0.25) is 0 Å². The molecule has 1 rings (SSSR count). The number of halogens is 1. The Morgan fingerprint density at radius 1 is 1.28 bits per heavy atom. The van der Waals surface area contributed by atoms with E-state index >= 15 is 0 Å². The molecule has 0 aromatic heterocycles. The maximum atomic E-state index is 6.37. The van der Waals surface area contributed by atoms with Gasteiger partial charge in [-0.1, -0.05) is 38.4 Å². The van der Waals surface area contributed by atoms with E-state index in [1.165, 1.54) is 10.5 Å². The van der Waals surface area contributed by atoms with Crippen molar-refractivity contribution < 1.29 is 0 Å². The molecular formula is C15H24ClNS. The van der Waals surface area contributed by atoms with Gasteiger partial charge in [0.05, 0.1) is 0 Å². The highest BCUT2D eigenvalue weighted by atomic mass is 35.5. The molecule has 1 aromatic rings. The van der Waals surface area contributed by atoms with Crippen LogP contribution in [0.5, 0.6) is 0 Å². The maximum Gasteiger partial charge on any atom is 0.0464 e. The maximum absolute atomic E-state index is 6.37. The van der Waals surface area contributed by atoms with Crippen LogP contribution in [0.1, 0.15) is 45.7 Å². The molecule has 0 radical (unpaired) electrons. The van der Waals surface area contributed by atoms with Crippen molar-refractivity contribution in [2.24, 2.45) is 5.92 Å². The normalized spacial score (nSPS) is 13.0. The summed E-state index contributed by atoms with van der Waals surface area (Å²) in [5.74, 6) is 1.85. The molecule has 18 heavy (non-hydrogen) atoms. The largest absolute Gasteiger partial charge is 0.310 e. The highest BCUT2D eigenvalue weighted by molar-refractivity contribution is 7.99. The summed E-state index contributed by atoms with van der Waals surface area (Å²) in [5.41, 5.74) is 1.19. The summed E-state index contributed by atoms with van der Waals surface area (Å²) in [6.07, 6.45) is 1.14. The molecule has 0 aliphatic rings. The standard InChI is InChI=1S/C15H24ClNS/c1-5-8-17-12(4)14-7-6-13(9-15(14)16)18-10-11(2)3/h6-7,9,11-12,17H,5,8,10H2,1-4H3. The van der Waals surface area contributed by atoms with Crippen LogP contribution >= 0.6 is 23.4 Å². The molecule has 1 aromatic carbocycles. The van der Waals surface area contributed by atoms with Crippen LogP contribution in [0.3, 0.4) is 0 Å². The fraction of sp³-hybridized carbons (Fsp3) is 0.600. The SMILES string of the molecule is CCCNC(C)c1ccc(SCC(C)C)cc1Cl. The Balaban J connectivity index is 2.66. The van der Waals surface area contributed by atoms with Crippen molar-refractivity contribution in [1.29, 1.82) is 0 Å². The molecule has 0 amide bonds. The van der Waals surface area contributed by atoms with Gasteiger partial charge in [-0.2, -0.15) is 0 Å². The predicted octanol–water partition coefficient (Wildman–Crippen LogP) is 5.15. The summed E-state index contributed by atoms with van der Waals surface area (Å²) in [4.78, 5) is 1.26. The van der Waals surface area contributed by atoms with Crippen molar-refractivity contribution in [3.05, 3.63) is 28.8 Å². The van der Waals surface area contributed by atoms with Crippen molar-refractivity contribution in [2.75, 3.05) is 12.3 Å². The van der Waals surface area contributed by atoms with Crippen LogP contribution < -0.4 is 5.32 Å². The van der Waals surface area contributed by atoms with Crippen LogP contribution in [0.15, 0.2) is 23.1 Å². The first-order valence-corrected chi connectivity index (χ1v) is 8.06. The molecule has 3 heteroatoms. The van der Waals surface area contributed by atoms with E-state index in [-0.39, 0.29) is 0 Å². The molecular weight excluding hydrogens is 262 g/mol. The molecule has 0 bridgehead atoms. The van der Waals surface area contributed by atoms with E-state index in [0.29, 0.717) is 12.0 Å². The number of thioether (sulfide) groups is 1. The van der Waals surface area contributed by atoms with E-state index in [4.69, 9.17) is 11.6 Å². The topological polar surface area (TPSA) is 12.0 Å². The molecule has 1 atom stereocenters. The Kier molecular flexibility index (Phi) is 7.13. The Bertz CT molecular complexity index is 366. The summed E-state index contributed by atoms with van der Waals surface area (Å²) < 4.78 is 0. The zero-order valence-electron chi connectivity index (χ0n) is 11.8. The van der Waals surface area contributed by atoms with Crippen molar-refractivity contribution in [1.82, 2.24) is 5.32 Å². The molecule has 0 aliphatic heterocycles. The number of nitrogens with one attached hydrogen (secondary N) is 1. The van der Waals surface area contributed by atoms with Gasteiger partial charge in [-0.05, 0) is 43.5 Å². The Morgan fingerprint density at radius 2 is 2.00 bits per heavy atom. The summed E-state index contributed by atoms with van der Waals surface area (Å²) >= 11 is 8.24. The molecule has 0 spiro atoms. The van der Waals surface area contributed by atoms with Crippen LogP contribution in [0.25, 0.3) is 0 Å². The summed E-state index contributed by atoms with van der Waals surface area (Å²) in [5, 5.41) is 4.34. The van der Waals surface area contributed by atoms with E-state index in [1.54, 1.807) is 0 Å². The molecule has 102 valence electrons. The number of benzene rings is 1. The predicted molar refractivity (Wildman–Crippen MR) is 83.7 cm³/mol. The minimum atomic E-state index is 0.321. The molecule has 0 heterocycles. The number of rotatable bonds is 7. The lowest BCUT2D eigenvalue weighted by atomic mass is 10.1. The summed E-state index contributed by atoms with van der Waals surface area (Å²) in [7, 11) is 0. The smallest absolute Gasteiger partial charge is 0.0464 e. The first kappa shape index (κ1) is 15.9. The number of hydrogen-bond acceptors (Lipinski definition) is 2. The third-order valence-electron chi connectivity index (χ3n) is 2.72. The first-order valence-electron chi connectivity index (χ1n) is 6.70. The highest BCUT2D eigenvalue weighted by Crippen LogP contribution is 2.29. The monoisotopic (exact) mass is 285 g/mol. The van der Waals surface area contributed by atoms with Gasteiger partial charge in [-0.25, -0.2) is 0 Å². The minimum absolute atomic E-state index is 0.321. The molecule has 1 unspecified atom stereocenters. The summed E-state index contributed by atoms with van der Waals surface area (Å²) in [6.45, 7) is 9.84. The zero-order valence-corrected chi connectivity index (χ0v) is 13.4. The van der Waals surface area contributed by atoms with E-state index < -0.39 is 0 Å². The fourth-order valence-corrected chi connectivity index (χ4v) is 2.98. The second-order valence-corrected chi connectivity index (χ2v) is 6.56. The van der Waals surface area contributed by atoms with Crippen molar-refractivity contribution >= 4 is 23.4 Å². The van der Waals surface area contributed by atoms with Gasteiger partial charge in [0, 0.05) is 21.7 Å². The van der Waals surface area contributed by atoms with Gasteiger partial charge in [-0.3, -0.25) is 0 Å². The van der Waals surface area contributed by atoms with Crippen LogP contribution in [-0.2, 0) is 0 Å². The van der Waals surface area contributed by atoms with Crippen molar-refractivity contribution in [3.63, 3.8) is 0 Å². The Hall–Kier alpha value is -0.180. The van der Waals surface area contributed by atoms with Crippen LogP contribution in [0, 0.1) is 5.92 Å². The van der Waals surface area contributed by atoms with Crippen molar-refractivity contribution in [3.8, 4) is 0 Å². The van der Waals surface area contributed by atoms with E-state index in [1.807, 2.05) is 11.8 Å². The minimum Gasteiger partial charge on any atom is -0.310 e. The lowest BCUT2D eigenvalue weighted by Gasteiger charge is -2.16. The second kappa shape index (κ2) is 8.08.